The molecule has 0 aromatic carbocycles. The molecule has 0 aliphatic heterocycles. The molecule has 7 heteroatoms. The SMILES string of the molecule is CCOP(=O)(OCC)OC(C)(C)C(F)F. The highest BCUT2D eigenvalue weighted by atomic mass is 31.2. The molecule has 0 rings (SSSR count). The van der Waals surface area contributed by atoms with Gasteiger partial charge in [-0.1, -0.05) is 0 Å². The maximum atomic E-state index is 12.5. The lowest BCUT2D eigenvalue weighted by molar-refractivity contribution is -0.0725. The Morgan fingerprint density at radius 3 is 1.87 bits per heavy atom. The number of phosphoric acid groups is 1. The number of hydrogen-bond donors (Lipinski definition) is 0. The summed E-state index contributed by atoms with van der Waals surface area (Å²) in [5.41, 5.74) is -1.86. The minimum Gasteiger partial charge on any atom is -0.287 e. The number of halogens is 2. The smallest absolute Gasteiger partial charge is 0.287 e. The van der Waals surface area contributed by atoms with Gasteiger partial charge in [-0.25, -0.2) is 13.3 Å². The van der Waals surface area contributed by atoms with Crippen LogP contribution >= 0.6 is 7.82 Å². The van der Waals surface area contributed by atoms with Crippen LogP contribution < -0.4 is 0 Å². The van der Waals surface area contributed by atoms with Crippen LogP contribution in [0.25, 0.3) is 0 Å². The average molecular weight is 246 g/mol. The maximum absolute atomic E-state index is 12.5. The van der Waals surface area contributed by atoms with Crippen molar-refractivity contribution in [2.75, 3.05) is 13.2 Å². The van der Waals surface area contributed by atoms with E-state index in [0.717, 1.165) is 13.8 Å². The minimum atomic E-state index is -3.87. The minimum absolute atomic E-state index is 0.0661. The van der Waals surface area contributed by atoms with Crippen molar-refractivity contribution < 1.29 is 26.9 Å². The van der Waals surface area contributed by atoms with Crippen LogP contribution in [0.3, 0.4) is 0 Å². The van der Waals surface area contributed by atoms with E-state index < -0.39 is 19.8 Å². The Balaban J connectivity index is 4.60. The van der Waals surface area contributed by atoms with Gasteiger partial charge >= 0.3 is 7.82 Å². The molecule has 0 aromatic rings. The van der Waals surface area contributed by atoms with Crippen molar-refractivity contribution in [1.29, 1.82) is 0 Å². The second-order valence-corrected chi connectivity index (χ2v) is 4.87. The first-order valence-corrected chi connectivity index (χ1v) is 6.11. The number of rotatable bonds is 7. The number of hydrogen-bond acceptors (Lipinski definition) is 4. The predicted octanol–water partition coefficient (Wildman–Crippen LogP) is 3.23. The quantitative estimate of drug-likeness (QED) is 0.647. The number of alkyl halides is 2. The van der Waals surface area contributed by atoms with Gasteiger partial charge in [0, 0.05) is 0 Å². The zero-order valence-electron chi connectivity index (χ0n) is 9.33. The van der Waals surface area contributed by atoms with Crippen molar-refractivity contribution in [1.82, 2.24) is 0 Å². The van der Waals surface area contributed by atoms with Crippen LogP contribution in [0.5, 0.6) is 0 Å². The molecule has 0 heterocycles. The molecule has 0 bridgehead atoms. The summed E-state index contributed by atoms with van der Waals surface area (Å²) in [7, 11) is -3.87. The zero-order chi connectivity index (χ0) is 12.1. The van der Waals surface area contributed by atoms with Crippen LogP contribution in [0.4, 0.5) is 8.78 Å². The molecule has 0 spiro atoms. The van der Waals surface area contributed by atoms with E-state index in [4.69, 9.17) is 13.6 Å². The summed E-state index contributed by atoms with van der Waals surface area (Å²) in [4.78, 5) is 0. The molecule has 0 N–H and O–H groups in total. The van der Waals surface area contributed by atoms with E-state index >= 15 is 0 Å². The largest absolute Gasteiger partial charge is 0.475 e. The molecule has 0 aliphatic rings. The highest BCUT2D eigenvalue weighted by molar-refractivity contribution is 7.48. The van der Waals surface area contributed by atoms with E-state index in [-0.39, 0.29) is 13.2 Å². The summed E-state index contributed by atoms with van der Waals surface area (Å²) in [6.07, 6.45) is -2.77. The summed E-state index contributed by atoms with van der Waals surface area (Å²) in [5, 5.41) is 0. The summed E-state index contributed by atoms with van der Waals surface area (Å²) >= 11 is 0. The third-order valence-electron chi connectivity index (χ3n) is 1.45. The summed E-state index contributed by atoms with van der Waals surface area (Å²) in [5.74, 6) is 0. The second-order valence-electron chi connectivity index (χ2n) is 3.28. The Bertz CT molecular complexity index is 223. The van der Waals surface area contributed by atoms with Gasteiger partial charge in [0.2, 0.25) is 0 Å². The molecule has 0 aromatic heterocycles. The standard InChI is InChI=1S/C8H17F2O4P/c1-5-12-15(11,13-6-2)14-8(3,4)7(9)10/h7H,5-6H2,1-4H3. The van der Waals surface area contributed by atoms with Crippen LogP contribution in [0.2, 0.25) is 0 Å². The van der Waals surface area contributed by atoms with Gasteiger partial charge < -0.3 is 0 Å². The lowest BCUT2D eigenvalue weighted by atomic mass is 10.2. The maximum Gasteiger partial charge on any atom is 0.475 e. The molecular weight excluding hydrogens is 229 g/mol. The summed E-state index contributed by atoms with van der Waals surface area (Å²) < 4.78 is 50.9. The zero-order valence-corrected chi connectivity index (χ0v) is 10.2. The Labute approximate surface area is 88.5 Å². The molecule has 4 nitrogen and oxygen atoms in total. The molecule has 0 unspecified atom stereocenters. The van der Waals surface area contributed by atoms with Gasteiger partial charge in [-0.2, -0.15) is 0 Å². The fraction of sp³-hybridized carbons (Fsp3) is 1.00. The van der Waals surface area contributed by atoms with E-state index in [9.17, 15) is 13.3 Å². The van der Waals surface area contributed by atoms with Crippen molar-refractivity contribution in [2.45, 2.75) is 39.7 Å². The van der Waals surface area contributed by atoms with Crippen molar-refractivity contribution in [3.05, 3.63) is 0 Å². The third kappa shape index (κ3) is 5.02. The molecule has 92 valence electrons. The lowest BCUT2D eigenvalue weighted by Gasteiger charge is -2.28. The van der Waals surface area contributed by atoms with Gasteiger partial charge in [-0.3, -0.25) is 13.6 Å². The van der Waals surface area contributed by atoms with E-state index in [0.29, 0.717) is 0 Å². The first-order valence-electron chi connectivity index (χ1n) is 4.65. The molecular formula is C8H17F2O4P. The van der Waals surface area contributed by atoms with Crippen LogP contribution in [0, 0.1) is 0 Å². The van der Waals surface area contributed by atoms with Gasteiger partial charge in [0.15, 0.2) is 0 Å². The molecule has 0 saturated heterocycles. The van der Waals surface area contributed by atoms with Gasteiger partial charge in [-0.05, 0) is 27.7 Å². The molecule has 0 aliphatic carbocycles. The highest BCUT2D eigenvalue weighted by Crippen LogP contribution is 2.53. The molecule has 0 fully saturated rings. The highest BCUT2D eigenvalue weighted by Gasteiger charge is 2.40. The van der Waals surface area contributed by atoms with Gasteiger partial charge in [0.1, 0.15) is 5.60 Å². The molecule has 0 atom stereocenters. The topological polar surface area (TPSA) is 44.8 Å². The fourth-order valence-corrected chi connectivity index (χ4v) is 2.20. The van der Waals surface area contributed by atoms with Gasteiger partial charge in [-0.15, -0.1) is 0 Å². The summed E-state index contributed by atoms with van der Waals surface area (Å²) in [6.45, 7) is 5.53. The van der Waals surface area contributed by atoms with Crippen molar-refractivity contribution >= 4 is 7.82 Å². The van der Waals surface area contributed by atoms with Crippen LogP contribution in [-0.2, 0) is 18.1 Å². The fourth-order valence-electron chi connectivity index (χ4n) is 0.734. The third-order valence-corrected chi connectivity index (χ3v) is 3.29. The van der Waals surface area contributed by atoms with Crippen LogP contribution in [0.1, 0.15) is 27.7 Å². The first kappa shape index (κ1) is 15.0. The Morgan fingerprint density at radius 1 is 1.20 bits per heavy atom. The summed E-state index contributed by atoms with van der Waals surface area (Å²) in [6, 6.07) is 0. The molecule has 0 amide bonds. The van der Waals surface area contributed by atoms with E-state index in [1.54, 1.807) is 13.8 Å². The number of phosphoric ester groups is 1. The molecule has 0 radical (unpaired) electrons. The normalized spacial score (nSPS) is 13.5. The predicted molar refractivity (Wildman–Crippen MR) is 52.0 cm³/mol. The van der Waals surface area contributed by atoms with Crippen LogP contribution in [-0.4, -0.2) is 25.2 Å². The van der Waals surface area contributed by atoms with Gasteiger partial charge in [0.25, 0.3) is 6.43 Å². The van der Waals surface area contributed by atoms with E-state index in [2.05, 4.69) is 0 Å². The second kappa shape index (κ2) is 5.89. The lowest BCUT2D eigenvalue weighted by Crippen LogP contribution is -2.32. The van der Waals surface area contributed by atoms with E-state index in [1.807, 2.05) is 0 Å². The Kier molecular flexibility index (Phi) is 5.88. The monoisotopic (exact) mass is 246 g/mol. The Morgan fingerprint density at radius 2 is 1.60 bits per heavy atom. The Hall–Kier alpha value is -0.0300. The molecule has 0 saturated carbocycles. The van der Waals surface area contributed by atoms with E-state index in [1.165, 1.54) is 0 Å². The van der Waals surface area contributed by atoms with Gasteiger partial charge in [0.05, 0.1) is 13.2 Å². The van der Waals surface area contributed by atoms with Crippen molar-refractivity contribution in [3.63, 3.8) is 0 Å². The molecule has 15 heavy (non-hydrogen) atoms. The van der Waals surface area contributed by atoms with Crippen molar-refractivity contribution in [2.24, 2.45) is 0 Å². The first-order chi connectivity index (χ1) is 6.77. The van der Waals surface area contributed by atoms with Crippen LogP contribution in [0.15, 0.2) is 0 Å². The van der Waals surface area contributed by atoms with Crippen molar-refractivity contribution in [3.8, 4) is 0 Å². The average Bonchev–Trinajstić information content (AvgIpc) is 2.02.